The standard InChI is InChI=1S/C20H26O/c1-11-8-18(15(5)14(4)13(11)3)10-19-9-12(2)20(21)17(7)16(19)6/h8-9,21H,10H2,1-7H3. The molecule has 0 radical (unpaired) electrons. The van der Waals surface area contributed by atoms with Crippen LogP contribution in [0.4, 0.5) is 0 Å². The van der Waals surface area contributed by atoms with Gasteiger partial charge in [0.15, 0.2) is 0 Å². The monoisotopic (exact) mass is 282 g/mol. The summed E-state index contributed by atoms with van der Waals surface area (Å²) in [6, 6.07) is 4.44. The van der Waals surface area contributed by atoms with Crippen LogP contribution in [0.5, 0.6) is 5.75 Å². The molecule has 0 heterocycles. The number of aryl methyl sites for hydroxylation is 2. The van der Waals surface area contributed by atoms with Gasteiger partial charge in [0.2, 0.25) is 0 Å². The van der Waals surface area contributed by atoms with E-state index in [1.165, 1.54) is 38.9 Å². The zero-order valence-electron chi connectivity index (χ0n) is 14.3. The molecule has 0 aliphatic carbocycles. The summed E-state index contributed by atoms with van der Waals surface area (Å²) in [6.07, 6.45) is 0.932. The first-order valence-corrected chi connectivity index (χ1v) is 7.59. The molecule has 0 unspecified atom stereocenters. The van der Waals surface area contributed by atoms with E-state index in [2.05, 4.69) is 46.8 Å². The summed E-state index contributed by atoms with van der Waals surface area (Å²) in [5.41, 5.74) is 11.4. The van der Waals surface area contributed by atoms with E-state index in [-0.39, 0.29) is 0 Å². The number of hydrogen-bond acceptors (Lipinski definition) is 1. The minimum atomic E-state index is 0.434. The molecule has 0 bridgehead atoms. The van der Waals surface area contributed by atoms with Gasteiger partial charge >= 0.3 is 0 Å². The van der Waals surface area contributed by atoms with Crippen LogP contribution >= 0.6 is 0 Å². The van der Waals surface area contributed by atoms with Gasteiger partial charge in [-0.15, -0.1) is 0 Å². The predicted molar refractivity (Wildman–Crippen MR) is 90.5 cm³/mol. The van der Waals surface area contributed by atoms with E-state index < -0.39 is 0 Å². The van der Waals surface area contributed by atoms with Crippen molar-refractivity contribution in [1.82, 2.24) is 0 Å². The van der Waals surface area contributed by atoms with Crippen LogP contribution in [0.15, 0.2) is 12.1 Å². The number of aromatic hydroxyl groups is 1. The molecule has 0 aliphatic heterocycles. The van der Waals surface area contributed by atoms with E-state index in [9.17, 15) is 5.11 Å². The normalized spacial score (nSPS) is 11.0. The summed E-state index contributed by atoms with van der Waals surface area (Å²) in [4.78, 5) is 0. The maximum atomic E-state index is 10.1. The van der Waals surface area contributed by atoms with Crippen LogP contribution in [0.3, 0.4) is 0 Å². The van der Waals surface area contributed by atoms with Crippen molar-refractivity contribution in [3.63, 3.8) is 0 Å². The van der Waals surface area contributed by atoms with Gasteiger partial charge in [0, 0.05) is 0 Å². The molecule has 0 amide bonds. The van der Waals surface area contributed by atoms with E-state index in [0.717, 1.165) is 17.5 Å². The summed E-state index contributed by atoms with van der Waals surface area (Å²) in [7, 11) is 0. The average molecular weight is 282 g/mol. The van der Waals surface area contributed by atoms with E-state index in [0.29, 0.717) is 5.75 Å². The quantitative estimate of drug-likeness (QED) is 0.808. The summed E-state index contributed by atoms with van der Waals surface area (Å²) in [6.45, 7) is 14.9. The lowest BCUT2D eigenvalue weighted by atomic mass is 9.88. The van der Waals surface area contributed by atoms with Crippen LogP contribution in [0.1, 0.15) is 50.1 Å². The third kappa shape index (κ3) is 2.70. The van der Waals surface area contributed by atoms with Crippen LogP contribution in [0, 0.1) is 48.5 Å². The molecule has 2 aromatic carbocycles. The molecule has 2 aromatic rings. The zero-order chi connectivity index (χ0) is 15.9. The Morgan fingerprint density at radius 2 is 1.10 bits per heavy atom. The number of benzene rings is 2. The number of hydrogen-bond donors (Lipinski definition) is 1. The predicted octanol–water partition coefficient (Wildman–Crippen LogP) is 5.14. The average Bonchev–Trinajstić information content (AvgIpc) is 2.45. The zero-order valence-corrected chi connectivity index (χ0v) is 14.3. The first-order chi connectivity index (χ1) is 9.73. The molecule has 0 aliphatic rings. The number of phenols is 1. The van der Waals surface area contributed by atoms with Gasteiger partial charge in [0.05, 0.1) is 0 Å². The van der Waals surface area contributed by atoms with E-state index in [1.54, 1.807) is 0 Å². The topological polar surface area (TPSA) is 20.2 Å². The number of rotatable bonds is 2. The Hall–Kier alpha value is -1.76. The highest BCUT2D eigenvalue weighted by atomic mass is 16.3. The van der Waals surface area contributed by atoms with Crippen molar-refractivity contribution < 1.29 is 5.11 Å². The summed E-state index contributed by atoms with van der Waals surface area (Å²) < 4.78 is 0. The highest BCUT2D eigenvalue weighted by Gasteiger charge is 2.12. The Morgan fingerprint density at radius 1 is 0.619 bits per heavy atom. The molecule has 1 heteroatoms. The van der Waals surface area contributed by atoms with E-state index in [4.69, 9.17) is 0 Å². The number of phenolic OH excluding ortho intramolecular Hbond substituents is 1. The van der Waals surface area contributed by atoms with Crippen molar-refractivity contribution in [2.75, 3.05) is 0 Å². The Labute approximate surface area is 128 Å². The third-order valence-corrected chi connectivity index (χ3v) is 5.13. The highest BCUT2D eigenvalue weighted by molar-refractivity contribution is 5.51. The second-order valence-corrected chi connectivity index (χ2v) is 6.36. The second-order valence-electron chi connectivity index (χ2n) is 6.36. The second kappa shape index (κ2) is 5.55. The van der Waals surface area contributed by atoms with Crippen LogP contribution in [0.2, 0.25) is 0 Å². The molecule has 21 heavy (non-hydrogen) atoms. The molecule has 0 saturated carbocycles. The highest BCUT2D eigenvalue weighted by Crippen LogP contribution is 2.30. The summed E-state index contributed by atoms with van der Waals surface area (Å²) in [5.74, 6) is 0.434. The maximum Gasteiger partial charge on any atom is 0.121 e. The minimum Gasteiger partial charge on any atom is -0.507 e. The van der Waals surface area contributed by atoms with Crippen LogP contribution < -0.4 is 0 Å². The van der Waals surface area contributed by atoms with Crippen molar-refractivity contribution in [2.24, 2.45) is 0 Å². The van der Waals surface area contributed by atoms with Crippen LogP contribution in [0.25, 0.3) is 0 Å². The molecule has 0 atom stereocenters. The van der Waals surface area contributed by atoms with Crippen molar-refractivity contribution in [1.29, 1.82) is 0 Å². The van der Waals surface area contributed by atoms with Gasteiger partial charge < -0.3 is 5.11 Å². The molecular weight excluding hydrogens is 256 g/mol. The Bertz CT molecular complexity index is 647. The molecule has 0 fully saturated rings. The lowest BCUT2D eigenvalue weighted by molar-refractivity contribution is 0.466. The fourth-order valence-electron chi connectivity index (χ4n) is 3.02. The van der Waals surface area contributed by atoms with Crippen molar-refractivity contribution in [2.45, 2.75) is 54.9 Å². The van der Waals surface area contributed by atoms with Gasteiger partial charge in [0.25, 0.3) is 0 Å². The summed E-state index contributed by atoms with van der Waals surface area (Å²) >= 11 is 0. The Morgan fingerprint density at radius 3 is 1.67 bits per heavy atom. The lowest BCUT2D eigenvalue weighted by Gasteiger charge is -2.17. The summed E-state index contributed by atoms with van der Waals surface area (Å²) in [5, 5.41) is 10.1. The molecule has 0 spiro atoms. The molecule has 0 aromatic heterocycles. The fourth-order valence-corrected chi connectivity index (χ4v) is 3.02. The molecule has 112 valence electrons. The molecule has 2 rings (SSSR count). The molecule has 1 N–H and O–H groups in total. The lowest BCUT2D eigenvalue weighted by Crippen LogP contribution is -2.02. The smallest absolute Gasteiger partial charge is 0.121 e. The third-order valence-electron chi connectivity index (χ3n) is 5.13. The van der Waals surface area contributed by atoms with Crippen molar-refractivity contribution >= 4 is 0 Å². The van der Waals surface area contributed by atoms with Gasteiger partial charge in [-0.05, 0) is 105 Å². The Kier molecular flexibility index (Phi) is 4.13. The molecule has 1 nitrogen and oxygen atoms in total. The minimum absolute atomic E-state index is 0.434. The maximum absolute atomic E-state index is 10.1. The fraction of sp³-hybridized carbons (Fsp3) is 0.400. The first-order valence-electron chi connectivity index (χ1n) is 7.59. The van der Waals surface area contributed by atoms with Gasteiger partial charge in [-0.2, -0.15) is 0 Å². The molecular formula is C20H26O. The largest absolute Gasteiger partial charge is 0.507 e. The van der Waals surface area contributed by atoms with Gasteiger partial charge in [-0.25, -0.2) is 0 Å². The Balaban J connectivity index is 2.54. The van der Waals surface area contributed by atoms with Crippen molar-refractivity contribution in [3.8, 4) is 5.75 Å². The van der Waals surface area contributed by atoms with Crippen molar-refractivity contribution in [3.05, 3.63) is 62.2 Å². The molecule has 0 saturated heterocycles. The van der Waals surface area contributed by atoms with Gasteiger partial charge in [-0.3, -0.25) is 0 Å². The van der Waals surface area contributed by atoms with Crippen LogP contribution in [-0.4, -0.2) is 5.11 Å². The van der Waals surface area contributed by atoms with E-state index in [1.807, 2.05) is 13.8 Å². The van der Waals surface area contributed by atoms with E-state index >= 15 is 0 Å². The first kappa shape index (κ1) is 15.6. The van der Waals surface area contributed by atoms with Gasteiger partial charge in [-0.1, -0.05) is 12.1 Å². The SMILES string of the molecule is Cc1cc(Cc2cc(C)c(O)c(C)c2C)c(C)c(C)c1C. The van der Waals surface area contributed by atoms with Crippen LogP contribution in [-0.2, 0) is 6.42 Å². The van der Waals surface area contributed by atoms with Gasteiger partial charge in [0.1, 0.15) is 5.75 Å².